The number of ether oxygens (including phenoxy) is 5. The molecular weight excluding hydrogens is 1080 g/mol. The normalized spacial score (nSPS) is 13.2. The van der Waals surface area contributed by atoms with Gasteiger partial charge in [-0.1, -0.05) is 142 Å². The first kappa shape index (κ1) is 62.5. The highest BCUT2D eigenvalue weighted by Gasteiger charge is 2.34. The Balaban J connectivity index is 1.02. The molecule has 3 N–H and O–H groups in total. The van der Waals surface area contributed by atoms with Crippen molar-refractivity contribution in [2.45, 2.75) is 97.7 Å². The van der Waals surface area contributed by atoms with Gasteiger partial charge < -0.3 is 48.9 Å². The molecule has 4 amide bonds. The summed E-state index contributed by atoms with van der Waals surface area (Å²) in [4.78, 5) is 116. The van der Waals surface area contributed by atoms with E-state index in [0.29, 0.717) is 61.3 Å². The second-order valence-electron chi connectivity index (χ2n) is 20.0. The van der Waals surface area contributed by atoms with Gasteiger partial charge in [0.25, 0.3) is 11.8 Å². The Morgan fingerprint density at radius 1 is 0.679 bits per heavy atom. The first-order valence-corrected chi connectivity index (χ1v) is 28.0. The predicted molar refractivity (Wildman–Crippen MR) is 307 cm³/mol. The second kappa shape index (κ2) is 32.5. The quantitative estimate of drug-likeness (QED) is 0.00927. The molecule has 1 aromatic heterocycles. The van der Waals surface area contributed by atoms with Gasteiger partial charge in [-0.3, -0.25) is 28.9 Å². The maximum atomic E-state index is 14.2. The molecule has 442 valence electrons. The van der Waals surface area contributed by atoms with Crippen LogP contribution in [0, 0.1) is 12.8 Å². The molecule has 84 heavy (non-hydrogen) atoms. The molecule has 7 rings (SSSR count). The molecule has 20 nitrogen and oxygen atoms in total. The zero-order valence-corrected chi connectivity index (χ0v) is 47.4. The van der Waals surface area contributed by atoms with Gasteiger partial charge in [-0.05, 0) is 77.9 Å². The van der Waals surface area contributed by atoms with E-state index >= 15 is 0 Å². The largest absolute Gasteiger partial charge is 0.481 e. The summed E-state index contributed by atoms with van der Waals surface area (Å²) in [7, 11) is 0. The summed E-state index contributed by atoms with van der Waals surface area (Å²) in [5.74, 6) is -6.26. The number of benzene rings is 5. The minimum Gasteiger partial charge on any atom is -0.481 e. The van der Waals surface area contributed by atoms with Gasteiger partial charge >= 0.3 is 23.9 Å². The zero-order chi connectivity index (χ0) is 59.6. The van der Waals surface area contributed by atoms with Crippen molar-refractivity contribution in [3.05, 3.63) is 184 Å². The lowest BCUT2D eigenvalue weighted by molar-refractivity contribution is -0.171. The third-order valence-corrected chi connectivity index (χ3v) is 13.8. The van der Waals surface area contributed by atoms with Crippen molar-refractivity contribution < 1.29 is 71.3 Å². The Labute approximate surface area is 488 Å². The van der Waals surface area contributed by atoms with Crippen LogP contribution in [0.25, 0.3) is 11.3 Å². The van der Waals surface area contributed by atoms with Gasteiger partial charge in [0.2, 0.25) is 12.3 Å². The van der Waals surface area contributed by atoms with Crippen molar-refractivity contribution in [1.82, 2.24) is 25.9 Å². The first-order valence-electron chi connectivity index (χ1n) is 28.0. The Kier molecular flexibility index (Phi) is 24.2. The molecule has 1 saturated heterocycles. The van der Waals surface area contributed by atoms with Gasteiger partial charge in [-0.15, -0.1) is 0 Å². The molecule has 20 heteroatoms. The number of rotatable bonds is 31. The lowest BCUT2D eigenvalue weighted by Crippen LogP contribution is -2.49. The molecule has 0 unspecified atom stereocenters. The average molecular weight is 1150 g/mol. The summed E-state index contributed by atoms with van der Waals surface area (Å²) < 4.78 is 33.8. The number of aryl methyl sites for hydroxylation is 1. The molecule has 2 heterocycles. The third kappa shape index (κ3) is 19.0. The Bertz CT molecular complexity index is 3150. The molecule has 0 spiro atoms. The van der Waals surface area contributed by atoms with Crippen molar-refractivity contribution in [3.63, 3.8) is 0 Å². The van der Waals surface area contributed by atoms with Gasteiger partial charge in [0.15, 0.2) is 12.4 Å². The number of furan rings is 1. The Hall–Kier alpha value is -9.14. The van der Waals surface area contributed by atoms with Crippen LogP contribution < -0.4 is 20.7 Å². The summed E-state index contributed by atoms with van der Waals surface area (Å²) in [6.07, 6.45) is 2.75. The second-order valence-corrected chi connectivity index (χ2v) is 20.0. The van der Waals surface area contributed by atoms with Gasteiger partial charge in [0.1, 0.15) is 37.4 Å². The number of hydrogen-bond acceptors (Lipinski definition) is 16. The molecule has 1 fully saturated rings. The van der Waals surface area contributed by atoms with Crippen LogP contribution in [-0.4, -0.2) is 110 Å². The molecular formula is C64H71N5O15. The highest BCUT2D eigenvalue weighted by atomic mass is 16.7. The van der Waals surface area contributed by atoms with E-state index in [1.807, 2.05) is 31.2 Å². The summed E-state index contributed by atoms with van der Waals surface area (Å²) in [6.45, 7) is 7.98. The topological polar surface area (TPSA) is 248 Å². The standard InChI is InChI=1S/C64H71N5O15/c1-4-6-10-23-51(54(5-2)69(43-70)84-63(76)50-26-24-48(34-44(50)3)37-68-30-32-78-33-31-68)60(73)65-42-66-62(75)56-29-28-55(83-56)49-25-27-52(57(35-49)79-41-59(72)81-39-46-19-13-8-14-20-46)61(74)67-53(64(77)82-40-47-21-15-9-16-22-47)36-58(71)80-38-45-17-11-7-12-18-45/h7-9,11-22,24-29,34-35,43,51,53-54H,4-6,10,23,30-33,36-42H2,1-3H3,(H,65,73)(H,66,75)(H,67,74)/t51-,53+,54-/m1/s1. The molecule has 0 saturated carbocycles. The van der Waals surface area contributed by atoms with Crippen LogP contribution in [-0.2, 0) is 74.1 Å². The Morgan fingerprint density at radius 2 is 1.31 bits per heavy atom. The number of amides is 4. The van der Waals surface area contributed by atoms with E-state index in [0.717, 1.165) is 42.1 Å². The van der Waals surface area contributed by atoms with Crippen molar-refractivity contribution in [2.75, 3.05) is 39.6 Å². The van der Waals surface area contributed by atoms with E-state index < -0.39 is 72.6 Å². The molecule has 0 radical (unpaired) electrons. The fraction of sp³-hybridized carbons (Fsp3) is 0.344. The van der Waals surface area contributed by atoms with E-state index in [4.69, 9.17) is 32.9 Å². The minimum atomic E-state index is -1.52. The van der Waals surface area contributed by atoms with E-state index in [1.54, 1.807) is 98.8 Å². The van der Waals surface area contributed by atoms with E-state index in [9.17, 15) is 38.4 Å². The van der Waals surface area contributed by atoms with Crippen LogP contribution in [0.1, 0.15) is 111 Å². The number of esters is 3. The summed E-state index contributed by atoms with van der Waals surface area (Å²) in [6, 6.07) is 36.9. The Morgan fingerprint density at radius 3 is 1.93 bits per heavy atom. The third-order valence-electron chi connectivity index (χ3n) is 13.8. The number of hydrogen-bond donors (Lipinski definition) is 3. The fourth-order valence-corrected chi connectivity index (χ4v) is 9.30. The van der Waals surface area contributed by atoms with Crippen LogP contribution in [0.3, 0.4) is 0 Å². The highest BCUT2D eigenvalue weighted by Crippen LogP contribution is 2.30. The minimum absolute atomic E-state index is 0.0499. The number of nitrogens with one attached hydrogen (secondary N) is 3. The summed E-state index contributed by atoms with van der Waals surface area (Å²) in [5, 5.41) is 8.87. The van der Waals surface area contributed by atoms with Crippen molar-refractivity contribution in [3.8, 4) is 17.1 Å². The first-order chi connectivity index (χ1) is 40.8. The van der Waals surface area contributed by atoms with E-state index in [-0.39, 0.29) is 61.3 Å². The number of nitrogens with zero attached hydrogens (tertiary/aromatic N) is 2. The van der Waals surface area contributed by atoms with Crippen LogP contribution in [0.5, 0.6) is 5.75 Å². The maximum Gasteiger partial charge on any atom is 0.363 e. The molecule has 0 aliphatic carbocycles. The monoisotopic (exact) mass is 1150 g/mol. The van der Waals surface area contributed by atoms with Gasteiger partial charge in [-0.2, -0.15) is 5.06 Å². The van der Waals surface area contributed by atoms with Gasteiger partial charge in [0.05, 0.1) is 49.4 Å². The zero-order valence-electron chi connectivity index (χ0n) is 47.4. The number of hydroxylamine groups is 2. The van der Waals surface area contributed by atoms with Crippen LogP contribution in [0.15, 0.2) is 144 Å². The van der Waals surface area contributed by atoms with Crippen LogP contribution in [0.4, 0.5) is 0 Å². The summed E-state index contributed by atoms with van der Waals surface area (Å²) in [5.41, 5.74) is 4.23. The number of carbonyl (C=O) groups excluding carboxylic acids is 8. The molecule has 0 bridgehead atoms. The predicted octanol–water partition coefficient (Wildman–Crippen LogP) is 8.19. The summed E-state index contributed by atoms with van der Waals surface area (Å²) >= 11 is 0. The van der Waals surface area contributed by atoms with Gasteiger partial charge in [0, 0.05) is 25.2 Å². The van der Waals surface area contributed by atoms with Crippen molar-refractivity contribution >= 4 is 48.0 Å². The lowest BCUT2D eigenvalue weighted by atomic mass is 9.90. The van der Waals surface area contributed by atoms with Crippen molar-refractivity contribution in [2.24, 2.45) is 5.92 Å². The molecule has 3 atom stereocenters. The number of morpholine rings is 1. The number of unbranched alkanes of at least 4 members (excludes halogenated alkanes) is 2. The molecule has 1 aliphatic rings. The molecule has 1 aliphatic heterocycles. The maximum absolute atomic E-state index is 14.2. The number of carbonyl (C=O) groups is 8. The van der Waals surface area contributed by atoms with Gasteiger partial charge in [-0.25, -0.2) is 14.4 Å². The SMILES string of the molecule is CCCCC[C@@H](C(=O)NCNC(=O)c1ccc(-c2ccc(C(=O)N[C@@H](CC(=O)OCc3ccccc3)C(=O)OCc3ccccc3)c(OCC(=O)OCc3ccccc3)c2)o1)[C@@H](CC)N(C=O)OC(=O)c1ccc(CN2CCOCC2)cc1C. The molecule has 6 aromatic rings. The van der Waals surface area contributed by atoms with E-state index in [1.165, 1.54) is 30.3 Å². The van der Waals surface area contributed by atoms with E-state index in [2.05, 4.69) is 20.9 Å². The average Bonchev–Trinajstić information content (AvgIpc) is 4.22. The highest BCUT2D eigenvalue weighted by molar-refractivity contribution is 6.00. The smallest absolute Gasteiger partial charge is 0.363 e. The van der Waals surface area contributed by atoms with Crippen LogP contribution in [0.2, 0.25) is 0 Å². The lowest BCUT2D eigenvalue weighted by Gasteiger charge is -2.32. The molecule has 5 aromatic carbocycles. The van der Waals surface area contributed by atoms with Crippen molar-refractivity contribution in [1.29, 1.82) is 0 Å². The fourth-order valence-electron chi connectivity index (χ4n) is 9.30. The van der Waals surface area contributed by atoms with Crippen LogP contribution >= 0.6 is 0 Å².